The Hall–Kier alpha value is -2.97. The SMILES string of the molecule is CC(F)(c1ccc2c(c1)CCC1N(C(=O)[C@]3(C)CC[C@@H](C(=O)O)CC3)CCC21Cc1cccc(F)c1)C(F)(F)F. The van der Waals surface area contributed by atoms with Gasteiger partial charge in [-0.3, -0.25) is 9.59 Å². The lowest BCUT2D eigenvalue weighted by molar-refractivity contribution is -0.228. The molecule has 0 bridgehead atoms. The summed E-state index contributed by atoms with van der Waals surface area (Å²) in [6.45, 7) is 2.85. The average molecular weight is 564 g/mol. The number of halogens is 5. The Balaban J connectivity index is 1.52. The fourth-order valence-corrected chi connectivity index (χ4v) is 7.34. The molecule has 4 nitrogen and oxygen atoms in total. The van der Waals surface area contributed by atoms with Gasteiger partial charge in [0.1, 0.15) is 5.82 Å². The van der Waals surface area contributed by atoms with E-state index in [9.17, 15) is 36.6 Å². The Labute approximate surface area is 230 Å². The third-order valence-electron chi connectivity index (χ3n) is 9.84. The first-order chi connectivity index (χ1) is 18.7. The molecule has 2 fully saturated rings. The second-order valence-electron chi connectivity index (χ2n) is 12.3. The van der Waals surface area contributed by atoms with E-state index in [0.29, 0.717) is 70.4 Å². The highest BCUT2D eigenvalue weighted by Crippen LogP contribution is 2.52. The molecule has 1 aliphatic heterocycles. The third-order valence-corrected chi connectivity index (χ3v) is 9.84. The lowest BCUT2D eigenvalue weighted by Crippen LogP contribution is -2.53. The van der Waals surface area contributed by atoms with Crippen molar-refractivity contribution >= 4 is 11.9 Å². The van der Waals surface area contributed by atoms with Crippen molar-refractivity contribution in [2.45, 2.75) is 88.5 Å². The summed E-state index contributed by atoms with van der Waals surface area (Å²) in [5.41, 5.74) is -3.20. The highest BCUT2D eigenvalue weighted by molar-refractivity contribution is 5.84. The van der Waals surface area contributed by atoms with E-state index in [4.69, 9.17) is 0 Å². The number of nitrogens with zero attached hydrogens (tertiary/aromatic N) is 1. The number of benzene rings is 2. The molecule has 216 valence electrons. The van der Waals surface area contributed by atoms with Crippen LogP contribution in [0.5, 0.6) is 0 Å². The van der Waals surface area contributed by atoms with Gasteiger partial charge in [0.05, 0.1) is 5.92 Å². The Kier molecular flexibility index (Phi) is 7.02. The van der Waals surface area contributed by atoms with Crippen LogP contribution in [0.25, 0.3) is 0 Å². The fraction of sp³-hybridized carbons (Fsp3) is 0.548. The summed E-state index contributed by atoms with van der Waals surface area (Å²) in [5, 5.41) is 9.41. The lowest BCUT2D eigenvalue weighted by atomic mass is 9.63. The van der Waals surface area contributed by atoms with Crippen LogP contribution >= 0.6 is 0 Å². The molecule has 1 N–H and O–H groups in total. The molecule has 0 radical (unpaired) electrons. The minimum Gasteiger partial charge on any atom is -0.481 e. The van der Waals surface area contributed by atoms with E-state index in [1.54, 1.807) is 18.2 Å². The van der Waals surface area contributed by atoms with Gasteiger partial charge in [0.15, 0.2) is 0 Å². The summed E-state index contributed by atoms with van der Waals surface area (Å²) in [5.74, 6) is -1.73. The van der Waals surface area contributed by atoms with Crippen molar-refractivity contribution in [1.82, 2.24) is 4.90 Å². The number of hydrogen-bond acceptors (Lipinski definition) is 2. The van der Waals surface area contributed by atoms with Crippen molar-refractivity contribution < 1.29 is 36.6 Å². The Morgan fingerprint density at radius 1 is 1.02 bits per heavy atom. The van der Waals surface area contributed by atoms with Crippen molar-refractivity contribution in [2.75, 3.05) is 6.54 Å². The predicted octanol–water partition coefficient (Wildman–Crippen LogP) is 6.88. The molecule has 3 aliphatic rings. The van der Waals surface area contributed by atoms with Gasteiger partial charge in [0.2, 0.25) is 11.6 Å². The van der Waals surface area contributed by atoms with Crippen LogP contribution < -0.4 is 0 Å². The van der Waals surface area contributed by atoms with E-state index >= 15 is 0 Å². The van der Waals surface area contributed by atoms with Gasteiger partial charge in [0, 0.05) is 23.4 Å². The zero-order valence-corrected chi connectivity index (χ0v) is 22.7. The summed E-state index contributed by atoms with van der Waals surface area (Å²) in [6.07, 6.45) is -1.49. The van der Waals surface area contributed by atoms with Crippen molar-refractivity contribution in [3.05, 3.63) is 70.5 Å². The molecule has 40 heavy (non-hydrogen) atoms. The molecule has 1 amide bonds. The quantitative estimate of drug-likeness (QED) is 0.404. The van der Waals surface area contributed by atoms with Crippen LogP contribution in [-0.2, 0) is 33.5 Å². The second kappa shape index (κ2) is 9.84. The molecule has 3 unspecified atom stereocenters. The van der Waals surface area contributed by atoms with E-state index in [1.807, 2.05) is 11.8 Å². The van der Waals surface area contributed by atoms with Crippen molar-refractivity contribution in [2.24, 2.45) is 11.3 Å². The van der Waals surface area contributed by atoms with Crippen molar-refractivity contribution in [3.8, 4) is 0 Å². The molecule has 1 saturated heterocycles. The minimum atomic E-state index is -5.07. The van der Waals surface area contributed by atoms with Gasteiger partial charge in [0.25, 0.3) is 0 Å². The van der Waals surface area contributed by atoms with Gasteiger partial charge in [-0.05, 0) is 92.7 Å². The monoisotopic (exact) mass is 563 g/mol. The predicted molar refractivity (Wildman–Crippen MR) is 139 cm³/mol. The maximum atomic E-state index is 14.9. The molecule has 0 spiro atoms. The number of carboxylic acids is 1. The molecular formula is C31H34F5NO3. The largest absolute Gasteiger partial charge is 0.481 e. The summed E-state index contributed by atoms with van der Waals surface area (Å²) >= 11 is 0. The smallest absolute Gasteiger partial charge is 0.426 e. The fourth-order valence-electron chi connectivity index (χ4n) is 7.34. The van der Waals surface area contributed by atoms with Gasteiger partial charge in [-0.2, -0.15) is 13.2 Å². The van der Waals surface area contributed by atoms with Gasteiger partial charge >= 0.3 is 12.1 Å². The molecule has 1 saturated carbocycles. The number of alkyl halides is 4. The number of fused-ring (bicyclic) bond motifs is 3. The first-order valence-corrected chi connectivity index (χ1v) is 13.9. The molecule has 2 aliphatic carbocycles. The van der Waals surface area contributed by atoms with Gasteiger partial charge in [-0.25, -0.2) is 8.78 Å². The molecule has 5 rings (SSSR count). The number of aryl methyl sites for hydroxylation is 1. The molecule has 2 aromatic rings. The number of aliphatic carboxylic acids is 1. The van der Waals surface area contributed by atoms with E-state index in [2.05, 4.69) is 0 Å². The lowest BCUT2D eigenvalue weighted by Gasteiger charge is -2.46. The van der Waals surface area contributed by atoms with Gasteiger partial charge in [-0.15, -0.1) is 0 Å². The van der Waals surface area contributed by atoms with Crippen molar-refractivity contribution in [3.63, 3.8) is 0 Å². The average Bonchev–Trinajstić information content (AvgIpc) is 3.26. The van der Waals surface area contributed by atoms with E-state index < -0.39 is 45.9 Å². The number of amides is 1. The topological polar surface area (TPSA) is 57.6 Å². The van der Waals surface area contributed by atoms with Crippen LogP contribution in [0.1, 0.15) is 74.6 Å². The zero-order valence-electron chi connectivity index (χ0n) is 22.7. The summed E-state index contributed by atoms with van der Waals surface area (Å²) in [4.78, 5) is 27.4. The van der Waals surface area contributed by atoms with Crippen LogP contribution in [0.3, 0.4) is 0 Å². The number of carboxylic acid groups (broad SMARTS) is 1. The Morgan fingerprint density at radius 3 is 2.35 bits per heavy atom. The van der Waals surface area contributed by atoms with Crippen LogP contribution in [-0.4, -0.2) is 40.6 Å². The number of likely N-dealkylation sites (tertiary alicyclic amines) is 1. The molecule has 3 atom stereocenters. The molecule has 0 aromatic heterocycles. The number of hydrogen-bond donors (Lipinski definition) is 1. The second-order valence-corrected chi connectivity index (χ2v) is 12.3. The minimum absolute atomic E-state index is 0.0315. The summed E-state index contributed by atoms with van der Waals surface area (Å²) in [6, 6.07) is 10.0. The van der Waals surface area contributed by atoms with E-state index in [-0.39, 0.29) is 11.9 Å². The molecule has 2 aromatic carbocycles. The zero-order chi connectivity index (χ0) is 29.1. The molecule has 1 heterocycles. The van der Waals surface area contributed by atoms with Crippen molar-refractivity contribution in [1.29, 1.82) is 0 Å². The highest BCUT2D eigenvalue weighted by Gasteiger charge is 2.57. The van der Waals surface area contributed by atoms with Crippen LogP contribution in [0.4, 0.5) is 22.0 Å². The Morgan fingerprint density at radius 2 is 1.73 bits per heavy atom. The van der Waals surface area contributed by atoms with Crippen LogP contribution in [0, 0.1) is 17.2 Å². The maximum Gasteiger partial charge on any atom is 0.426 e. The standard InChI is InChI=1S/C31H34F5NO3/c1-28(12-10-20(11-13-28)26(38)39)27(40)37-15-14-30(18-19-4-3-5-23(32)16-19)24-8-7-22(29(2,33)31(34,35)36)17-21(24)6-9-25(30)37/h3-5,7-8,16-17,20,25H,6,9-15,18H2,1-2H3,(H,38,39)/t20-,25?,28-,29?,30?. The van der Waals surface area contributed by atoms with Crippen LogP contribution in [0.2, 0.25) is 0 Å². The first-order valence-electron chi connectivity index (χ1n) is 13.9. The maximum absolute atomic E-state index is 14.9. The summed E-state index contributed by atoms with van der Waals surface area (Å²) < 4.78 is 69.6. The number of carbonyl (C=O) groups excluding carboxylic acids is 1. The number of carbonyl (C=O) groups is 2. The first kappa shape index (κ1) is 28.6. The summed E-state index contributed by atoms with van der Waals surface area (Å²) in [7, 11) is 0. The van der Waals surface area contributed by atoms with Gasteiger partial charge in [-0.1, -0.05) is 37.3 Å². The molecule has 9 heteroatoms. The molecular weight excluding hydrogens is 529 g/mol. The highest BCUT2D eigenvalue weighted by atomic mass is 19.4. The van der Waals surface area contributed by atoms with E-state index in [0.717, 1.165) is 11.1 Å². The van der Waals surface area contributed by atoms with Gasteiger partial charge < -0.3 is 10.0 Å². The normalized spacial score (nSPS) is 29.8. The number of rotatable bonds is 5. The van der Waals surface area contributed by atoms with Crippen LogP contribution in [0.15, 0.2) is 42.5 Å². The third kappa shape index (κ3) is 4.69. The Bertz CT molecular complexity index is 1310. The van der Waals surface area contributed by atoms with E-state index in [1.165, 1.54) is 24.3 Å².